The van der Waals surface area contributed by atoms with Crippen LogP contribution in [0.1, 0.15) is 59.3 Å². The van der Waals surface area contributed by atoms with E-state index in [0.717, 1.165) is 14.5 Å². The van der Waals surface area contributed by atoms with Crippen molar-refractivity contribution >= 4 is 8.58 Å². The zero-order valence-corrected chi connectivity index (χ0v) is 11.4. The van der Waals surface area contributed by atoms with E-state index in [1.165, 1.54) is 38.5 Å². The highest BCUT2D eigenvalue weighted by Gasteiger charge is 1.99. The van der Waals surface area contributed by atoms with Crippen LogP contribution in [0.4, 0.5) is 0 Å². The largest absolute Gasteiger partial charge is 0.0984 e. The summed E-state index contributed by atoms with van der Waals surface area (Å²) in [5.41, 5.74) is 0. The number of hydrogen-bond donors (Lipinski definition) is 0. The first-order valence-electron chi connectivity index (χ1n) is 6.11. The quantitative estimate of drug-likeness (QED) is 0.487. The van der Waals surface area contributed by atoms with Gasteiger partial charge in [0.05, 0.1) is 0 Å². The average molecular weight is 214 g/mol. The third kappa shape index (κ3) is 7.56. The average Bonchev–Trinajstić information content (AvgIpc) is 2.19. The second kappa shape index (κ2) is 9.71. The summed E-state index contributed by atoms with van der Waals surface area (Å²) >= 11 is 0. The molecule has 2 unspecified atom stereocenters. The Labute approximate surface area is 92.3 Å². The molecule has 0 N–H and O–H groups in total. The van der Waals surface area contributed by atoms with Gasteiger partial charge in [0.15, 0.2) is 0 Å². The van der Waals surface area contributed by atoms with Crippen molar-refractivity contribution in [2.75, 3.05) is 6.66 Å². The first-order valence-corrected chi connectivity index (χ1v) is 7.61. The second-order valence-electron chi connectivity index (χ2n) is 4.21. The Morgan fingerprint density at radius 3 is 2.50 bits per heavy atom. The summed E-state index contributed by atoms with van der Waals surface area (Å²) < 4.78 is 0. The fraction of sp³-hybridized carbons (Fsp3) is 0.846. The molecule has 0 radical (unpaired) electrons. The Morgan fingerprint density at radius 2 is 2.00 bits per heavy atom. The third-order valence-corrected chi connectivity index (χ3v) is 3.77. The van der Waals surface area contributed by atoms with Gasteiger partial charge in [0.2, 0.25) is 0 Å². The molecule has 0 aromatic heterocycles. The molecule has 14 heavy (non-hydrogen) atoms. The summed E-state index contributed by atoms with van der Waals surface area (Å²) in [5.74, 6) is 0.882. The van der Waals surface area contributed by atoms with E-state index in [-0.39, 0.29) is 0 Å². The van der Waals surface area contributed by atoms with Gasteiger partial charge in [0, 0.05) is 0 Å². The molecule has 0 amide bonds. The van der Waals surface area contributed by atoms with E-state index in [4.69, 9.17) is 0 Å². The van der Waals surface area contributed by atoms with Gasteiger partial charge in [-0.15, -0.1) is 0 Å². The fourth-order valence-electron chi connectivity index (χ4n) is 1.65. The predicted octanol–water partition coefficient (Wildman–Crippen LogP) is 5.20. The summed E-state index contributed by atoms with van der Waals surface area (Å²) in [7, 11) is 1.02. The zero-order chi connectivity index (χ0) is 10.8. The van der Waals surface area contributed by atoms with E-state index in [0.29, 0.717) is 0 Å². The van der Waals surface area contributed by atoms with Crippen LogP contribution in [-0.2, 0) is 0 Å². The number of rotatable bonds is 8. The Kier molecular flexibility index (Phi) is 9.83. The monoisotopic (exact) mass is 214 g/mol. The number of unbranched alkanes of at least 4 members (excludes halogenated alkanes) is 1. The molecule has 0 fully saturated rings. The lowest BCUT2D eigenvalue weighted by atomic mass is 10.0. The standard InChI is InChI=1S/C13H27P/c1-5-7-9-13(14-4)11-10-12(3)8-6-2/h11-12,14H,5-10H2,1-4H3/b13-11-. The van der Waals surface area contributed by atoms with Crippen LogP contribution >= 0.6 is 8.58 Å². The Balaban J connectivity index is 3.78. The van der Waals surface area contributed by atoms with Crippen molar-refractivity contribution in [3.05, 3.63) is 11.4 Å². The number of hydrogen-bond acceptors (Lipinski definition) is 0. The van der Waals surface area contributed by atoms with Crippen LogP contribution in [-0.4, -0.2) is 6.66 Å². The minimum atomic E-state index is 0.882. The van der Waals surface area contributed by atoms with Gasteiger partial charge >= 0.3 is 0 Å². The van der Waals surface area contributed by atoms with Crippen molar-refractivity contribution in [1.29, 1.82) is 0 Å². The lowest BCUT2D eigenvalue weighted by molar-refractivity contribution is 0.531. The molecular formula is C13H27P. The molecule has 84 valence electrons. The van der Waals surface area contributed by atoms with Crippen molar-refractivity contribution in [2.24, 2.45) is 5.92 Å². The number of allylic oxidation sites excluding steroid dienone is 2. The fourth-order valence-corrected chi connectivity index (χ4v) is 2.40. The minimum Gasteiger partial charge on any atom is -0.0984 e. The maximum absolute atomic E-state index is 2.51. The van der Waals surface area contributed by atoms with Gasteiger partial charge in [-0.2, -0.15) is 0 Å². The molecule has 2 atom stereocenters. The molecule has 0 heterocycles. The minimum absolute atomic E-state index is 0.882. The molecule has 0 saturated heterocycles. The van der Waals surface area contributed by atoms with Crippen LogP contribution in [0.2, 0.25) is 0 Å². The molecule has 1 heteroatoms. The molecule has 0 saturated carbocycles. The van der Waals surface area contributed by atoms with E-state index >= 15 is 0 Å². The molecule has 0 aromatic carbocycles. The van der Waals surface area contributed by atoms with Crippen molar-refractivity contribution in [1.82, 2.24) is 0 Å². The van der Waals surface area contributed by atoms with Crippen LogP contribution in [0.5, 0.6) is 0 Å². The van der Waals surface area contributed by atoms with E-state index in [1.807, 2.05) is 0 Å². The molecule has 0 aliphatic carbocycles. The van der Waals surface area contributed by atoms with Gasteiger partial charge in [0.1, 0.15) is 0 Å². The lowest BCUT2D eigenvalue weighted by Gasteiger charge is -2.08. The first kappa shape index (κ1) is 14.2. The molecule has 0 bridgehead atoms. The van der Waals surface area contributed by atoms with Gasteiger partial charge in [-0.3, -0.25) is 0 Å². The topological polar surface area (TPSA) is 0 Å². The molecule has 0 spiro atoms. The highest BCUT2D eigenvalue weighted by atomic mass is 31.1. The summed E-state index contributed by atoms with van der Waals surface area (Å²) in [6, 6.07) is 0. The third-order valence-electron chi connectivity index (χ3n) is 2.67. The van der Waals surface area contributed by atoms with Crippen molar-refractivity contribution in [3.8, 4) is 0 Å². The molecule has 0 aliphatic heterocycles. The van der Waals surface area contributed by atoms with E-state index in [1.54, 1.807) is 5.31 Å². The molecule has 0 aliphatic rings. The van der Waals surface area contributed by atoms with Crippen LogP contribution in [0.15, 0.2) is 11.4 Å². The first-order chi connectivity index (χ1) is 6.74. The highest BCUT2D eigenvalue weighted by Crippen LogP contribution is 2.26. The lowest BCUT2D eigenvalue weighted by Crippen LogP contribution is -1.91. The predicted molar refractivity (Wildman–Crippen MR) is 70.5 cm³/mol. The van der Waals surface area contributed by atoms with Crippen LogP contribution < -0.4 is 0 Å². The smallest absolute Gasteiger partial charge is 0.0280 e. The molecule has 0 nitrogen and oxygen atoms in total. The van der Waals surface area contributed by atoms with Gasteiger partial charge in [0.25, 0.3) is 0 Å². The maximum Gasteiger partial charge on any atom is -0.0280 e. The van der Waals surface area contributed by atoms with Gasteiger partial charge in [-0.25, -0.2) is 0 Å². The molecular weight excluding hydrogens is 187 g/mol. The van der Waals surface area contributed by atoms with Crippen LogP contribution in [0.3, 0.4) is 0 Å². The van der Waals surface area contributed by atoms with Crippen LogP contribution in [0.25, 0.3) is 0 Å². The van der Waals surface area contributed by atoms with Gasteiger partial charge in [-0.05, 0) is 31.8 Å². The van der Waals surface area contributed by atoms with Crippen LogP contribution in [0, 0.1) is 5.92 Å². The Bertz CT molecular complexity index is 149. The second-order valence-corrected chi connectivity index (χ2v) is 5.35. The van der Waals surface area contributed by atoms with E-state index in [2.05, 4.69) is 33.5 Å². The van der Waals surface area contributed by atoms with E-state index in [9.17, 15) is 0 Å². The molecule has 0 aromatic rings. The SMILES string of the molecule is CCCC/C(=C/CC(C)CCC)PC. The van der Waals surface area contributed by atoms with E-state index < -0.39 is 0 Å². The summed E-state index contributed by atoms with van der Waals surface area (Å²) in [5, 5.41) is 1.70. The zero-order valence-electron chi connectivity index (χ0n) is 10.4. The normalized spacial score (nSPS) is 15.3. The summed E-state index contributed by atoms with van der Waals surface area (Å²) in [6.45, 7) is 9.23. The summed E-state index contributed by atoms with van der Waals surface area (Å²) in [6.07, 6.45) is 10.5. The highest BCUT2D eigenvalue weighted by molar-refractivity contribution is 7.42. The Hall–Kier alpha value is 0.170. The maximum atomic E-state index is 2.51. The molecule has 0 rings (SSSR count). The Morgan fingerprint density at radius 1 is 1.29 bits per heavy atom. The van der Waals surface area contributed by atoms with Gasteiger partial charge in [-0.1, -0.05) is 60.0 Å². The van der Waals surface area contributed by atoms with Gasteiger partial charge < -0.3 is 0 Å². The van der Waals surface area contributed by atoms with Crippen molar-refractivity contribution in [2.45, 2.75) is 59.3 Å². The summed E-state index contributed by atoms with van der Waals surface area (Å²) in [4.78, 5) is 0. The van der Waals surface area contributed by atoms with Crippen molar-refractivity contribution < 1.29 is 0 Å². The van der Waals surface area contributed by atoms with Crippen molar-refractivity contribution in [3.63, 3.8) is 0 Å².